The van der Waals surface area contributed by atoms with Crippen LogP contribution in [0.2, 0.25) is 0 Å². The minimum atomic E-state index is -2.82. The average molecular weight is 205 g/mol. The number of carbonyl (C=O) groups excluding carboxylic acids is 1. The molecule has 0 bridgehead atoms. The van der Waals surface area contributed by atoms with E-state index in [1.165, 1.54) is 0 Å². The quantitative estimate of drug-likeness (QED) is 0.432. The van der Waals surface area contributed by atoms with Crippen LogP contribution in [0, 0.1) is 0 Å². The summed E-state index contributed by atoms with van der Waals surface area (Å²) < 4.78 is 38.2. The topological polar surface area (TPSA) is 125 Å². The van der Waals surface area contributed by atoms with Gasteiger partial charge in [-0.05, 0) is 0 Å². The Morgan fingerprint density at radius 2 is 1.91 bits per heavy atom. The van der Waals surface area contributed by atoms with Gasteiger partial charge in [-0.15, -0.1) is 0 Å². The Morgan fingerprint density at radius 3 is 2.27 bits per heavy atom. The second-order valence-electron chi connectivity index (χ2n) is 0.934. The van der Waals surface area contributed by atoms with Crippen molar-refractivity contribution >= 4 is 28.9 Å². The fourth-order valence-corrected chi connectivity index (χ4v) is 0.525. The van der Waals surface area contributed by atoms with E-state index in [1.807, 2.05) is 0 Å². The van der Waals surface area contributed by atoms with E-state index in [4.69, 9.17) is 4.55 Å². The molecule has 10 heteroatoms. The fraction of sp³-hybridized carbons (Fsp3) is 0. The smallest absolute Gasteiger partial charge is 0.309 e. The lowest BCUT2D eigenvalue weighted by atomic mass is 11.5. The van der Waals surface area contributed by atoms with Crippen LogP contribution in [0.5, 0.6) is 0 Å². The molecule has 3 N–H and O–H groups in total. The first kappa shape index (κ1) is 10.4. The van der Waals surface area contributed by atoms with Gasteiger partial charge in [-0.3, -0.25) is 4.55 Å². The molecular formula is CH3NO7S2. The van der Waals surface area contributed by atoms with Gasteiger partial charge in [0, 0.05) is 0 Å². The standard InChI is InChI=1S/CH3NO7S2/c2-9-11(6)8-1(3)7-10(4)5/h2H2,(H,4,5). The van der Waals surface area contributed by atoms with E-state index in [2.05, 4.69) is 18.5 Å². The molecule has 0 heterocycles. The molecule has 0 aromatic rings. The van der Waals surface area contributed by atoms with Crippen molar-refractivity contribution in [2.75, 3.05) is 0 Å². The summed E-state index contributed by atoms with van der Waals surface area (Å²) in [6, 6.07) is 0. The molecule has 2 atom stereocenters. The normalized spacial score (nSPS) is 15.1. The van der Waals surface area contributed by atoms with E-state index in [9.17, 15) is 13.2 Å². The Morgan fingerprint density at radius 1 is 1.36 bits per heavy atom. The number of hydrogen-bond acceptors (Lipinski definition) is 7. The maximum absolute atomic E-state index is 10.1. The van der Waals surface area contributed by atoms with Crippen molar-refractivity contribution in [2.24, 2.45) is 5.90 Å². The minimum absolute atomic E-state index is 1.63. The van der Waals surface area contributed by atoms with E-state index in [0.717, 1.165) is 0 Å². The highest BCUT2D eigenvalue weighted by atomic mass is 32.2. The van der Waals surface area contributed by atoms with Crippen molar-refractivity contribution < 1.29 is 30.4 Å². The van der Waals surface area contributed by atoms with Crippen LogP contribution >= 0.6 is 0 Å². The SMILES string of the molecule is NOS(=O)OC(=O)OS(=O)O. The highest BCUT2D eigenvalue weighted by molar-refractivity contribution is 7.76. The largest absolute Gasteiger partial charge is 0.540 e. The first-order valence-corrected chi connectivity index (χ1v) is 3.90. The van der Waals surface area contributed by atoms with Crippen molar-refractivity contribution in [3.05, 3.63) is 0 Å². The zero-order valence-electron chi connectivity index (χ0n) is 4.79. The van der Waals surface area contributed by atoms with Crippen LogP contribution in [-0.2, 0) is 35.4 Å². The van der Waals surface area contributed by atoms with Gasteiger partial charge in [-0.1, -0.05) is 0 Å². The highest BCUT2D eigenvalue weighted by Crippen LogP contribution is 1.91. The molecule has 0 amide bonds. The summed E-state index contributed by atoms with van der Waals surface area (Å²) in [4.78, 5) is 10.1. The molecule has 2 unspecified atom stereocenters. The molecule has 0 rings (SSSR count). The molecule has 66 valence electrons. The molecule has 0 aromatic carbocycles. The van der Waals surface area contributed by atoms with Crippen LogP contribution in [0.3, 0.4) is 0 Å². The average Bonchev–Trinajstić information content (AvgIpc) is 1.85. The Balaban J connectivity index is 3.70. The minimum Gasteiger partial charge on any atom is -0.309 e. The van der Waals surface area contributed by atoms with Crippen LogP contribution in [0.15, 0.2) is 0 Å². The first-order valence-electron chi connectivity index (χ1n) is 1.86. The second kappa shape index (κ2) is 5.15. The van der Waals surface area contributed by atoms with Crippen molar-refractivity contribution in [3.63, 3.8) is 0 Å². The van der Waals surface area contributed by atoms with E-state index < -0.39 is 28.9 Å². The number of carbonyl (C=O) groups is 1. The van der Waals surface area contributed by atoms with Gasteiger partial charge >= 0.3 is 28.9 Å². The monoisotopic (exact) mass is 205 g/mol. The lowest BCUT2D eigenvalue weighted by molar-refractivity contribution is 0.150. The maximum Gasteiger partial charge on any atom is 0.540 e. The predicted octanol–water partition coefficient (Wildman–Crippen LogP) is -1.25. The van der Waals surface area contributed by atoms with E-state index in [-0.39, 0.29) is 0 Å². The molecule has 0 aliphatic heterocycles. The molecule has 0 saturated heterocycles. The molecule has 0 spiro atoms. The molecule has 0 radical (unpaired) electrons. The summed E-state index contributed by atoms with van der Waals surface area (Å²) >= 11 is -5.34. The van der Waals surface area contributed by atoms with Crippen LogP contribution in [-0.4, -0.2) is 19.1 Å². The van der Waals surface area contributed by atoms with E-state index in [1.54, 1.807) is 0 Å². The predicted molar refractivity (Wildman–Crippen MR) is 31.8 cm³/mol. The molecule has 0 aliphatic carbocycles. The van der Waals surface area contributed by atoms with Crippen molar-refractivity contribution in [2.45, 2.75) is 0 Å². The summed E-state index contributed by atoms with van der Waals surface area (Å²) in [6.07, 6.45) is -1.63. The van der Waals surface area contributed by atoms with Gasteiger partial charge in [0.2, 0.25) is 0 Å². The molecule has 8 nitrogen and oxygen atoms in total. The summed E-state index contributed by atoms with van der Waals surface area (Å²) in [5, 5.41) is 0. The van der Waals surface area contributed by atoms with Gasteiger partial charge in [0.05, 0.1) is 0 Å². The molecule has 0 fully saturated rings. The highest BCUT2D eigenvalue weighted by Gasteiger charge is 2.12. The van der Waals surface area contributed by atoms with Gasteiger partial charge < -0.3 is 8.37 Å². The first-order chi connectivity index (χ1) is 5.06. The van der Waals surface area contributed by atoms with E-state index >= 15 is 0 Å². The van der Waals surface area contributed by atoms with Gasteiger partial charge in [0.15, 0.2) is 0 Å². The van der Waals surface area contributed by atoms with E-state index in [0.29, 0.717) is 0 Å². The molecule has 0 aliphatic rings. The Hall–Kier alpha value is -0.550. The third kappa shape index (κ3) is 5.87. The van der Waals surface area contributed by atoms with Crippen LogP contribution in [0.1, 0.15) is 0 Å². The summed E-state index contributed by atoms with van der Waals surface area (Å²) in [5.41, 5.74) is 0. The van der Waals surface area contributed by atoms with Crippen LogP contribution in [0.4, 0.5) is 4.79 Å². The van der Waals surface area contributed by atoms with Crippen molar-refractivity contribution in [1.29, 1.82) is 0 Å². The van der Waals surface area contributed by atoms with Crippen LogP contribution < -0.4 is 5.90 Å². The van der Waals surface area contributed by atoms with Crippen molar-refractivity contribution in [3.8, 4) is 0 Å². The molecule has 0 aromatic heterocycles. The van der Waals surface area contributed by atoms with Gasteiger partial charge in [-0.25, -0.2) is 4.79 Å². The third-order valence-corrected chi connectivity index (χ3v) is 1.06. The van der Waals surface area contributed by atoms with Gasteiger partial charge in [0.1, 0.15) is 0 Å². The summed E-state index contributed by atoms with van der Waals surface area (Å²) in [7, 11) is 0. The third-order valence-electron chi connectivity index (χ3n) is 0.354. The number of rotatable bonds is 3. The summed E-state index contributed by atoms with van der Waals surface area (Å²) in [6.45, 7) is 0. The number of nitrogens with two attached hydrogens (primary N) is 1. The zero-order chi connectivity index (χ0) is 8.85. The Bertz CT molecular complexity index is 189. The Labute approximate surface area is 65.9 Å². The molecule has 11 heavy (non-hydrogen) atoms. The fourth-order valence-electron chi connectivity index (χ4n) is 0.147. The number of hydrogen-bond donors (Lipinski definition) is 2. The van der Waals surface area contributed by atoms with Crippen LogP contribution in [0.25, 0.3) is 0 Å². The van der Waals surface area contributed by atoms with Crippen molar-refractivity contribution in [1.82, 2.24) is 0 Å². The second-order valence-corrected chi connectivity index (χ2v) is 2.30. The lowest BCUT2D eigenvalue weighted by Crippen LogP contribution is -2.14. The lowest BCUT2D eigenvalue weighted by Gasteiger charge is -1.96. The summed E-state index contributed by atoms with van der Waals surface area (Å²) in [5.74, 6) is 4.28. The molecule has 0 saturated carbocycles. The zero-order valence-corrected chi connectivity index (χ0v) is 6.42. The van der Waals surface area contributed by atoms with Gasteiger partial charge in [0.25, 0.3) is 0 Å². The Kier molecular flexibility index (Phi) is 4.89. The maximum atomic E-state index is 10.1. The molecular weight excluding hydrogens is 202 g/mol. The van der Waals surface area contributed by atoms with Gasteiger partial charge in [-0.2, -0.15) is 18.6 Å².